The molecule has 82 valence electrons. The van der Waals surface area contributed by atoms with Crippen LogP contribution in [-0.2, 0) is 10.1 Å². The van der Waals surface area contributed by atoms with Gasteiger partial charge in [0.1, 0.15) is 5.52 Å². The zero-order valence-corrected chi connectivity index (χ0v) is 9.77. The molecule has 0 aliphatic rings. The molecule has 0 aliphatic heterocycles. The highest BCUT2D eigenvalue weighted by atomic mass is 79.9. The Kier molecular flexibility index (Phi) is 3.05. The van der Waals surface area contributed by atoms with Crippen molar-refractivity contribution >= 4 is 39.1 Å². The van der Waals surface area contributed by atoms with Gasteiger partial charge in [0, 0.05) is 11.6 Å². The molecule has 0 amide bonds. The van der Waals surface area contributed by atoms with Crippen molar-refractivity contribution in [2.45, 2.75) is 5.33 Å². The van der Waals surface area contributed by atoms with E-state index >= 15 is 0 Å². The van der Waals surface area contributed by atoms with E-state index < -0.39 is 5.97 Å². The van der Waals surface area contributed by atoms with Gasteiger partial charge >= 0.3 is 5.97 Å². The third-order valence-electron chi connectivity index (χ3n) is 2.01. The van der Waals surface area contributed by atoms with Crippen LogP contribution in [-0.4, -0.2) is 16.1 Å². The molecule has 0 unspecified atom stereocenters. The minimum absolute atomic E-state index is 0.532. The maximum absolute atomic E-state index is 10.4. The Bertz CT molecular complexity index is 559. The maximum Gasteiger partial charge on any atom is 0.328 e. The number of alkyl halides is 1. The Labute approximate surface area is 99.7 Å². The second-order valence-electron chi connectivity index (χ2n) is 3.11. The Morgan fingerprint density at radius 3 is 3.06 bits per heavy atom. The van der Waals surface area contributed by atoms with Crippen molar-refractivity contribution in [1.82, 2.24) is 4.98 Å². The number of para-hydroxylation sites is 1. The predicted octanol–water partition coefficient (Wildman–Crippen LogP) is 2.82. The number of oxazole rings is 1. The molecular weight excluding hydrogens is 274 g/mol. The van der Waals surface area contributed by atoms with Crippen molar-refractivity contribution in [3.8, 4) is 0 Å². The molecule has 0 saturated carbocycles. The molecule has 0 spiro atoms. The summed E-state index contributed by atoms with van der Waals surface area (Å²) in [6, 6.07) is 5.42. The van der Waals surface area contributed by atoms with E-state index in [4.69, 9.17) is 9.52 Å². The van der Waals surface area contributed by atoms with Crippen molar-refractivity contribution in [2.75, 3.05) is 0 Å². The van der Waals surface area contributed by atoms with Crippen molar-refractivity contribution in [2.24, 2.45) is 0 Å². The van der Waals surface area contributed by atoms with Crippen LogP contribution >= 0.6 is 15.9 Å². The molecule has 4 nitrogen and oxygen atoms in total. The molecule has 0 saturated heterocycles. The smallest absolute Gasteiger partial charge is 0.328 e. The number of carbonyl (C=O) groups is 1. The van der Waals surface area contributed by atoms with Gasteiger partial charge in [-0.15, -0.1) is 0 Å². The van der Waals surface area contributed by atoms with Crippen LogP contribution in [0.2, 0.25) is 0 Å². The lowest BCUT2D eigenvalue weighted by Crippen LogP contribution is -1.85. The molecule has 1 aromatic heterocycles. The number of hydrogen-bond donors (Lipinski definition) is 1. The normalized spacial score (nSPS) is 11.3. The highest BCUT2D eigenvalue weighted by Crippen LogP contribution is 2.22. The molecule has 0 aliphatic carbocycles. The maximum atomic E-state index is 10.4. The average molecular weight is 282 g/mol. The van der Waals surface area contributed by atoms with Gasteiger partial charge in [-0.1, -0.05) is 28.1 Å². The summed E-state index contributed by atoms with van der Waals surface area (Å²) >= 11 is 3.25. The minimum atomic E-state index is -0.989. The number of fused-ring (bicyclic) bond motifs is 1. The van der Waals surface area contributed by atoms with E-state index in [2.05, 4.69) is 20.9 Å². The fourth-order valence-corrected chi connectivity index (χ4v) is 1.61. The fraction of sp³-hybridized carbons (Fsp3) is 0.0909. The van der Waals surface area contributed by atoms with Crippen LogP contribution in [0.4, 0.5) is 0 Å². The zero-order valence-electron chi connectivity index (χ0n) is 8.18. The number of aliphatic carboxylic acids is 1. The Hall–Kier alpha value is -1.62. The van der Waals surface area contributed by atoms with Crippen LogP contribution in [0.3, 0.4) is 0 Å². The summed E-state index contributed by atoms with van der Waals surface area (Å²) in [7, 11) is 0. The van der Waals surface area contributed by atoms with Crippen LogP contribution in [0.25, 0.3) is 17.2 Å². The zero-order chi connectivity index (χ0) is 11.5. The molecule has 5 heteroatoms. The number of aromatic nitrogens is 1. The van der Waals surface area contributed by atoms with Crippen molar-refractivity contribution in [3.63, 3.8) is 0 Å². The first-order chi connectivity index (χ1) is 7.70. The summed E-state index contributed by atoms with van der Waals surface area (Å²) in [6.45, 7) is 0. The van der Waals surface area contributed by atoms with Gasteiger partial charge in [0.2, 0.25) is 5.89 Å². The lowest BCUT2D eigenvalue weighted by atomic mass is 10.2. The van der Waals surface area contributed by atoms with Gasteiger partial charge in [0.15, 0.2) is 5.58 Å². The number of carboxylic acids is 1. The molecule has 0 fully saturated rings. The van der Waals surface area contributed by atoms with Crippen molar-refractivity contribution < 1.29 is 14.3 Å². The monoisotopic (exact) mass is 281 g/mol. The molecule has 0 atom stereocenters. The summed E-state index contributed by atoms with van der Waals surface area (Å²) in [5, 5.41) is 9.09. The van der Waals surface area contributed by atoms with Crippen LogP contribution in [0.5, 0.6) is 0 Å². The molecule has 1 heterocycles. The van der Waals surface area contributed by atoms with Gasteiger partial charge in [0.25, 0.3) is 0 Å². The number of benzene rings is 1. The molecule has 0 radical (unpaired) electrons. The number of carboxylic acid groups (broad SMARTS) is 1. The second kappa shape index (κ2) is 4.49. The molecule has 0 bridgehead atoms. The lowest BCUT2D eigenvalue weighted by molar-refractivity contribution is -0.131. The first-order valence-corrected chi connectivity index (χ1v) is 5.68. The molecule has 1 N–H and O–H groups in total. The predicted molar refractivity (Wildman–Crippen MR) is 63.3 cm³/mol. The quantitative estimate of drug-likeness (QED) is 0.694. The van der Waals surface area contributed by atoms with Crippen LogP contribution in [0, 0.1) is 0 Å². The molecule has 1 aromatic carbocycles. The number of halogens is 1. The Balaban J connectivity index is 2.52. The third kappa shape index (κ3) is 2.14. The number of rotatable bonds is 3. The number of hydrogen-bond acceptors (Lipinski definition) is 3. The fourth-order valence-electron chi connectivity index (χ4n) is 1.37. The first kappa shape index (κ1) is 10.9. The van der Waals surface area contributed by atoms with E-state index in [0.717, 1.165) is 11.6 Å². The standard InChI is InChI=1S/C11H8BrNO3/c12-6-9-13-8-3-1-2-7(11(8)16-9)4-5-10(14)15/h1-5H,6H2,(H,14,15)/b5-4+. The summed E-state index contributed by atoms with van der Waals surface area (Å²) < 4.78 is 5.48. The van der Waals surface area contributed by atoms with Gasteiger partial charge in [-0.05, 0) is 12.1 Å². The Morgan fingerprint density at radius 2 is 2.38 bits per heavy atom. The minimum Gasteiger partial charge on any atom is -0.478 e. The molecule has 2 aromatic rings. The van der Waals surface area contributed by atoms with E-state index in [1.807, 2.05) is 12.1 Å². The summed E-state index contributed by atoms with van der Waals surface area (Å²) in [6.07, 6.45) is 2.57. The summed E-state index contributed by atoms with van der Waals surface area (Å²) in [5.41, 5.74) is 2.04. The van der Waals surface area contributed by atoms with Crippen LogP contribution in [0.1, 0.15) is 11.5 Å². The highest BCUT2D eigenvalue weighted by molar-refractivity contribution is 9.08. The largest absolute Gasteiger partial charge is 0.478 e. The molecule has 2 rings (SSSR count). The number of nitrogens with zero attached hydrogens (tertiary/aromatic N) is 1. The summed E-state index contributed by atoms with van der Waals surface area (Å²) in [4.78, 5) is 14.7. The third-order valence-corrected chi connectivity index (χ3v) is 2.49. The van der Waals surface area contributed by atoms with Gasteiger partial charge in [-0.25, -0.2) is 9.78 Å². The summed E-state index contributed by atoms with van der Waals surface area (Å²) in [5.74, 6) is -0.414. The molecule has 16 heavy (non-hydrogen) atoms. The van der Waals surface area contributed by atoms with Gasteiger partial charge in [-0.3, -0.25) is 0 Å². The highest BCUT2D eigenvalue weighted by Gasteiger charge is 2.07. The second-order valence-corrected chi connectivity index (χ2v) is 3.67. The average Bonchev–Trinajstić information content (AvgIpc) is 2.69. The van der Waals surface area contributed by atoms with Gasteiger partial charge in [-0.2, -0.15) is 0 Å². The molecular formula is C11H8BrNO3. The van der Waals surface area contributed by atoms with E-state index in [1.54, 1.807) is 6.07 Å². The first-order valence-electron chi connectivity index (χ1n) is 4.56. The topological polar surface area (TPSA) is 63.3 Å². The van der Waals surface area contributed by atoms with E-state index in [-0.39, 0.29) is 0 Å². The van der Waals surface area contributed by atoms with Crippen molar-refractivity contribution in [1.29, 1.82) is 0 Å². The van der Waals surface area contributed by atoms with Crippen molar-refractivity contribution in [3.05, 3.63) is 35.7 Å². The van der Waals surface area contributed by atoms with Gasteiger partial charge < -0.3 is 9.52 Å². The van der Waals surface area contributed by atoms with E-state index in [9.17, 15) is 4.79 Å². The lowest BCUT2D eigenvalue weighted by Gasteiger charge is -1.92. The van der Waals surface area contributed by atoms with Gasteiger partial charge in [0.05, 0.1) is 5.33 Å². The van der Waals surface area contributed by atoms with E-state index in [1.165, 1.54) is 6.08 Å². The van der Waals surface area contributed by atoms with Crippen LogP contribution in [0.15, 0.2) is 28.7 Å². The SMILES string of the molecule is O=C(O)/C=C/c1cccc2nc(CBr)oc12. The Morgan fingerprint density at radius 1 is 1.56 bits per heavy atom. The van der Waals surface area contributed by atoms with Crippen LogP contribution < -0.4 is 0 Å². The van der Waals surface area contributed by atoms with E-state index in [0.29, 0.717) is 22.4 Å².